The number of hydrogen-bond acceptors (Lipinski definition) is 3. The molecular weight excluding hydrogens is 268 g/mol. The van der Waals surface area contributed by atoms with Crippen LogP contribution in [0.1, 0.15) is 37.2 Å². The van der Waals surface area contributed by atoms with Crippen LogP contribution in [-0.2, 0) is 4.74 Å². The first-order valence-corrected chi connectivity index (χ1v) is 6.66. The average Bonchev–Trinajstić information content (AvgIpc) is 2.43. The maximum atomic E-state index is 13.8. The van der Waals surface area contributed by atoms with Crippen molar-refractivity contribution < 1.29 is 13.5 Å². The Kier molecular flexibility index (Phi) is 4.75. The van der Waals surface area contributed by atoms with E-state index in [-0.39, 0.29) is 17.7 Å². The molecule has 0 unspecified atom stereocenters. The number of thiocarbonyl (C=S) groups is 1. The summed E-state index contributed by atoms with van der Waals surface area (Å²) in [6.45, 7) is 0. The van der Waals surface area contributed by atoms with Crippen molar-refractivity contribution in [3.63, 3.8) is 0 Å². The van der Waals surface area contributed by atoms with Crippen LogP contribution >= 0.6 is 12.2 Å². The largest absolute Gasteiger partial charge is 0.381 e. The van der Waals surface area contributed by atoms with Gasteiger partial charge in [0.25, 0.3) is 0 Å². The Morgan fingerprint density at radius 2 is 1.79 bits per heavy atom. The number of ether oxygens (including phenoxy) is 1. The third-order valence-corrected chi connectivity index (χ3v) is 3.77. The zero-order valence-electron chi connectivity index (χ0n) is 10.7. The second kappa shape index (κ2) is 6.33. The number of benzene rings is 1. The highest BCUT2D eigenvalue weighted by atomic mass is 32.1. The molecule has 0 aliphatic heterocycles. The number of aliphatic imine (C=N–C) groups is 1. The first-order chi connectivity index (χ1) is 9.15. The van der Waals surface area contributed by atoms with Gasteiger partial charge in [-0.2, -0.15) is 4.99 Å². The molecule has 0 spiro atoms. The van der Waals surface area contributed by atoms with Crippen LogP contribution in [0.15, 0.2) is 17.1 Å². The third-order valence-electron chi connectivity index (χ3n) is 3.68. The van der Waals surface area contributed by atoms with Gasteiger partial charge in [0.1, 0.15) is 5.69 Å². The Bertz CT molecular complexity index is 483. The SMILES string of the molecule is COC1CCC(c2cc(F)c(N=C=S)c(F)c2)CC1. The summed E-state index contributed by atoms with van der Waals surface area (Å²) in [4.78, 5) is 3.41. The van der Waals surface area contributed by atoms with Gasteiger partial charge in [0.2, 0.25) is 0 Å². The quantitative estimate of drug-likeness (QED) is 0.607. The van der Waals surface area contributed by atoms with Gasteiger partial charge in [-0.3, -0.25) is 0 Å². The molecule has 19 heavy (non-hydrogen) atoms. The van der Waals surface area contributed by atoms with E-state index >= 15 is 0 Å². The number of methoxy groups -OCH3 is 1. The molecule has 5 heteroatoms. The normalized spacial score (nSPS) is 22.9. The number of nitrogens with zero attached hydrogens (tertiary/aromatic N) is 1. The minimum absolute atomic E-state index is 0.181. The van der Waals surface area contributed by atoms with Crippen molar-refractivity contribution in [1.29, 1.82) is 0 Å². The molecule has 1 aromatic rings. The Hall–Kier alpha value is -1.16. The Balaban J connectivity index is 2.20. The van der Waals surface area contributed by atoms with Gasteiger partial charge >= 0.3 is 0 Å². The lowest BCUT2D eigenvalue weighted by atomic mass is 9.82. The van der Waals surface area contributed by atoms with Gasteiger partial charge in [0, 0.05) is 7.11 Å². The van der Waals surface area contributed by atoms with Crippen LogP contribution in [-0.4, -0.2) is 18.4 Å². The fourth-order valence-electron chi connectivity index (χ4n) is 2.61. The van der Waals surface area contributed by atoms with Crippen molar-refractivity contribution in [3.8, 4) is 0 Å². The predicted octanol–water partition coefficient (Wildman–Crippen LogP) is 4.37. The molecule has 0 atom stereocenters. The molecule has 0 aromatic heterocycles. The molecule has 1 fully saturated rings. The average molecular weight is 283 g/mol. The molecular formula is C14H15F2NOS. The first-order valence-electron chi connectivity index (χ1n) is 6.25. The molecule has 0 saturated heterocycles. The monoisotopic (exact) mass is 283 g/mol. The van der Waals surface area contributed by atoms with E-state index in [9.17, 15) is 8.78 Å². The summed E-state index contributed by atoms with van der Waals surface area (Å²) in [5.74, 6) is -1.18. The van der Waals surface area contributed by atoms with E-state index in [2.05, 4.69) is 17.2 Å². The molecule has 2 nitrogen and oxygen atoms in total. The Morgan fingerprint density at radius 3 is 2.26 bits per heavy atom. The molecule has 0 radical (unpaired) electrons. The van der Waals surface area contributed by atoms with E-state index in [1.807, 2.05) is 5.16 Å². The van der Waals surface area contributed by atoms with E-state index < -0.39 is 11.6 Å². The summed E-state index contributed by atoms with van der Waals surface area (Å²) >= 11 is 4.37. The van der Waals surface area contributed by atoms with Crippen LogP contribution in [0.4, 0.5) is 14.5 Å². The number of halogens is 2. The molecule has 1 aliphatic rings. The Morgan fingerprint density at radius 1 is 1.21 bits per heavy atom. The van der Waals surface area contributed by atoms with E-state index in [0.717, 1.165) is 25.7 Å². The fourth-order valence-corrected chi connectivity index (χ4v) is 2.70. The standard InChI is InChI=1S/C14H15F2NOS/c1-18-11-4-2-9(3-5-11)10-6-12(15)14(17-8-19)13(16)7-10/h6-7,9,11H,2-5H2,1H3. The summed E-state index contributed by atoms with van der Waals surface area (Å²) in [6.07, 6.45) is 3.87. The molecule has 2 rings (SSSR count). The molecule has 1 aliphatic carbocycles. The summed E-state index contributed by atoms with van der Waals surface area (Å²) in [5, 5.41) is 1.99. The van der Waals surface area contributed by atoms with Gasteiger partial charge in [-0.1, -0.05) is 0 Å². The number of isothiocyanates is 1. The second-order valence-electron chi connectivity index (χ2n) is 4.75. The lowest BCUT2D eigenvalue weighted by Gasteiger charge is -2.28. The maximum Gasteiger partial charge on any atom is 0.152 e. The van der Waals surface area contributed by atoms with E-state index in [4.69, 9.17) is 4.74 Å². The van der Waals surface area contributed by atoms with Crippen LogP contribution < -0.4 is 0 Å². The van der Waals surface area contributed by atoms with Crippen LogP contribution in [0, 0.1) is 11.6 Å². The molecule has 1 saturated carbocycles. The molecule has 102 valence electrons. The van der Waals surface area contributed by atoms with Crippen molar-refractivity contribution in [3.05, 3.63) is 29.3 Å². The second-order valence-corrected chi connectivity index (χ2v) is 4.93. The highest BCUT2D eigenvalue weighted by Gasteiger charge is 2.24. The molecule has 0 amide bonds. The summed E-state index contributed by atoms with van der Waals surface area (Å²) in [7, 11) is 1.70. The van der Waals surface area contributed by atoms with Crippen molar-refractivity contribution >= 4 is 23.1 Å². The zero-order chi connectivity index (χ0) is 13.8. The van der Waals surface area contributed by atoms with Crippen molar-refractivity contribution in [2.45, 2.75) is 37.7 Å². The maximum absolute atomic E-state index is 13.8. The van der Waals surface area contributed by atoms with Crippen LogP contribution in [0.25, 0.3) is 0 Å². The minimum atomic E-state index is -0.679. The van der Waals surface area contributed by atoms with Gasteiger partial charge < -0.3 is 4.74 Å². The molecule has 0 bridgehead atoms. The predicted molar refractivity (Wildman–Crippen MR) is 73.1 cm³/mol. The topological polar surface area (TPSA) is 21.6 Å². The highest BCUT2D eigenvalue weighted by molar-refractivity contribution is 7.78. The molecule has 1 aromatic carbocycles. The van der Waals surface area contributed by atoms with Gasteiger partial charge in [-0.05, 0) is 61.5 Å². The third kappa shape index (κ3) is 3.24. The van der Waals surface area contributed by atoms with Gasteiger partial charge in [0.05, 0.1) is 11.3 Å². The van der Waals surface area contributed by atoms with E-state index in [1.165, 1.54) is 12.1 Å². The van der Waals surface area contributed by atoms with Gasteiger partial charge in [0.15, 0.2) is 11.6 Å². The minimum Gasteiger partial charge on any atom is -0.381 e. The fraction of sp³-hybridized carbons (Fsp3) is 0.500. The van der Waals surface area contributed by atoms with E-state index in [1.54, 1.807) is 7.11 Å². The van der Waals surface area contributed by atoms with Crippen LogP contribution in [0.3, 0.4) is 0 Å². The Labute approximate surface area is 116 Å². The number of hydrogen-bond donors (Lipinski definition) is 0. The van der Waals surface area contributed by atoms with Crippen LogP contribution in [0.5, 0.6) is 0 Å². The lowest BCUT2D eigenvalue weighted by Crippen LogP contribution is -2.19. The molecule has 0 N–H and O–H groups in total. The van der Waals surface area contributed by atoms with Crippen molar-refractivity contribution in [2.75, 3.05) is 7.11 Å². The van der Waals surface area contributed by atoms with Gasteiger partial charge in [-0.25, -0.2) is 8.78 Å². The summed E-state index contributed by atoms with van der Waals surface area (Å²) < 4.78 is 32.8. The zero-order valence-corrected chi connectivity index (χ0v) is 11.5. The van der Waals surface area contributed by atoms with Gasteiger partial charge in [-0.15, -0.1) is 0 Å². The van der Waals surface area contributed by atoms with Crippen molar-refractivity contribution in [1.82, 2.24) is 0 Å². The van der Waals surface area contributed by atoms with E-state index in [0.29, 0.717) is 5.56 Å². The molecule has 0 heterocycles. The highest BCUT2D eigenvalue weighted by Crippen LogP contribution is 2.36. The number of rotatable bonds is 3. The lowest BCUT2D eigenvalue weighted by molar-refractivity contribution is 0.0658. The summed E-state index contributed by atoms with van der Waals surface area (Å²) in [5.41, 5.74) is 0.331. The van der Waals surface area contributed by atoms with Crippen LogP contribution in [0.2, 0.25) is 0 Å². The summed E-state index contributed by atoms with van der Waals surface area (Å²) in [6, 6.07) is 2.71. The first kappa shape index (κ1) is 14.3. The van der Waals surface area contributed by atoms with Crippen molar-refractivity contribution in [2.24, 2.45) is 4.99 Å². The smallest absolute Gasteiger partial charge is 0.152 e.